The van der Waals surface area contributed by atoms with Crippen LogP contribution in [0.25, 0.3) is 0 Å². The van der Waals surface area contributed by atoms with Gasteiger partial charge in [-0.1, -0.05) is 13.0 Å². The molecule has 0 bridgehead atoms. The van der Waals surface area contributed by atoms with Crippen LogP contribution in [-0.4, -0.2) is 86.7 Å². The van der Waals surface area contributed by atoms with Gasteiger partial charge in [0.1, 0.15) is 5.82 Å². The Morgan fingerprint density at radius 2 is 1.84 bits per heavy atom. The van der Waals surface area contributed by atoms with E-state index < -0.39 is 0 Å². The van der Waals surface area contributed by atoms with Crippen molar-refractivity contribution >= 4 is 35.8 Å². The number of aliphatic imine (C=N–C) groups is 1. The number of piperidine rings is 1. The SMILES string of the molecule is CCNC(=NCc1ccc(N2CCN(C)CC2)nc1)NCCCN1CCC(C)CC1.I. The molecule has 3 rings (SSSR count). The van der Waals surface area contributed by atoms with E-state index in [0.29, 0.717) is 6.54 Å². The minimum atomic E-state index is 0. The van der Waals surface area contributed by atoms with Crippen LogP contribution in [0.4, 0.5) is 5.82 Å². The number of likely N-dealkylation sites (N-methyl/N-ethyl adjacent to an activating group) is 1. The molecule has 0 amide bonds. The van der Waals surface area contributed by atoms with Crippen molar-refractivity contribution < 1.29 is 0 Å². The summed E-state index contributed by atoms with van der Waals surface area (Å²) in [5, 5.41) is 6.84. The van der Waals surface area contributed by atoms with Crippen molar-refractivity contribution in [3.8, 4) is 0 Å². The first-order valence-electron chi connectivity index (χ1n) is 11.8. The van der Waals surface area contributed by atoms with E-state index in [9.17, 15) is 0 Å². The first-order chi connectivity index (χ1) is 14.6. The van der Waals surface area contributed by atoms with Crippen LogP contribution in [0.15, 0.2) is 23.3 Å². The van der Waals surface area contributed by atoms with E-state index in [1.54, 1.807) is 0 Å². The zero-order valence-electron chi connectivity index (χ0n) is 19.6. The molecule has 3 heterocycles. The number of rotatable bonds is 8. The summed E-state index contributed by atoms with van der Waals surface area (Å²) in [6, 6.07) is 4.29. The van der Waals surface area contributed by atoms with E-state index >= 15 is 0 Å². The van der Waals surface area contributed by atoms with Gasteiger partial charge in [-0.3, -0.25) is 0 Å². The fraction of sp³-hybridized carbons (Fsp3) is 0.739. The summed E-state index contributed by atoms with van der Waals surface area (Å²) < 4.78 is 0. The summed E-state index contributed by atoms with van der Waals surface area (Å²) in [4.78, 5) is 16.7. The molecule has 0 aliphatic carbocycles. The van der Waals surface area contributed by atoms with E-state index in [4.69, 9.17) is 4.99 Å². The summed E-state index contributed by atoms with van der Waals surface area (Å²) >= 11 is 0. The van der Waals surface area contributed by atoms with Crippen molar-refractivity contribution in [1.82, 2.24) is 25.4 Å². The number of anilines is 1. The molecule has 0 radical (unpaired) electrons. The molecule has 2 N–H and O–H groups in total. The van der Waals surface area contributed by atoms with Crippen molar-refractivity contribution in [1.29, 1.82) is 0 Å². The van der Waals surface area contributed by atoms with Gasteiger partial charge < -0.3 is 25.3 Å². The molecule has 2 fully saturated rings. The van der Waals surface area contributed by atoms with Crippen molar-refractivity contribution in [2.24, 2.45) is 10.9 Å². The molecule has 2 aliphatic rings. The maximum atomic E-state index is 4.75. The van der Waals surface area contributed by atoms with Crippen LogP contribution in [0.2, 0.25) is 0 Å². The maximum absolute atomic E-state index is 4.75. The minimum Gasteiger partial charge on any atom is -0.357 e. The van der Waals surface area contributed by atoms with Gasteiger partial charge in [-0.2, -0.15) is 0 Å². The number of guanidine groups is 1. The Kier molecular flexibility index (Phi) is 11.9. The van der Waals surface area contributed by atoms with Gasteiger partial charge in [0.05, 0.1) is 6.54 Å². The predicted molar refractivity (Wildman–Crippen MR) is 142 cm³/mol. The largest absolute Gasteiger partial charge is 0.357 e. The van der Waals surface area contributed by atoms with Crippen LogP contribution < -0.4 is 15.5 Å². The number of halogens is 1. The van der Waals surface area contributed by atoms with E-state index in [-0.39, 0.29) is 24.0 Å². The quantitative estimate of drug-likeness (QED) is 0.228. The molecular formula is C23H42IN7. The highest BCUT2D eigenvalue weighted by Gasteiger charge is 2.15. The molecule has 1 aromatic heterocycles. The Hall–Kier alpha value is -1.13. The lowest BCUT2D eigenvalue weighted by Crippen LogP contribution is -2.44. The van der Waals surface area contributed by atoms with E-state index in [2.05, 4.69) is 63.3 Å². The summed E-state index contributed by atoms with van der Waals surface area (Å²) in [5.41, 5.74) is 1.15. The van der Waals surface area contributed by atoms with Crippen LogP contribution in [0.1, 0.15) is 38.7 Å². The number of pyridine rings is 1. The van der Waals surface area contributed by atoms with Crippen molar-refractivity contribution in [2.75, 3.05) is 70.9 Å². The molecule has 0 saturated carbocycles. The molecule has 7 nitrogen and oxygen atoms in total. The van der Waals surface area contributed by atoms with Gasteiger partial charge in [-0.05, 0) is 70.4 Å². The number of likely N-dealkylation sites (tertiary alicyclic amines) is 1. The third-order valence-electron chi connectivity index (χ3n) is 6.22. The summed E-state index contributed by atoms with van der Waals surface area (Å²) in [5.74, 6) is 2.87. The third-order valence-corrected chi connectivity index (χ3v) is 6.22. The molecule has 0 atom stereocenters. The van der Waals surface area contributed by atoms with Crippen LogP contribution in [0, 0.1) is 5.92 Å². The smallest absolute Gasteiger partial charge is 0.191 e. The molecule has 0 aromatic carbocycles. The predicted octanol–water partition coefficient (Wildman–Crippen LogP) is 2.63. The normalized spacial score (nSPS) is 19.2. The van der Waals surface area contributed by atoms with Gasteiger partial charge in [0, 0.05) is 45.5 Å². The highest BCUT2D eigenvalue weighted by molar-refractivity contribution is 14.0. The Morgan fingerprint density at radius 3 is 2.48 bits per heavy atom. The molecule has 8 heteroatoms. The molecule has 2 aliphatic heterocycles. The number of piperazine rings is 1. The second kappa shape index (κ2) is 14.1. The van der Waals surface area contributed by atoms with Crippen molar-refractivity contribution in [3.63, 3.8) is 0 Å². The lowest BCUT2D eigenvalue weighted by Gasteiger charge is -2.33. The van der Waals surface area contributed by atoms with E-state index in [1.165, 1.54) is 32.5 Å². The number of nitrogens with zero attached hydrogens (tertiary/aromatic N) is 5. The maximum Gasteiger partial charge on any atom is 0.191 e. The van der Waals surface area contributed by atoms with Crippen molar-refractivity contribution in [2.45, 2.75) is 39.7 Å². The van der Waals surface area contributed by atoms with Crippen LogP contribution in [0.3, 0.4) is 0 Å². The number of nitrogens with one attached hydrogen (secondary N) is 2. The summed E-state index contributed by atoms with van der Waals surface area (Å²) in [6.45, 7) is 14.9. The zero-order valence-corrected chi connectivity index (χ0v) is 22.0. The fourth-order valence-electron chi connectivity index (χ4n) is 4.04. The van der Waals surface area contributed by atoms with Gasteiger partial charge >= 0.3 is 0 Å². The highest BCUT2D eigenvalue weighted by Crippen LogP contribution is 2.16. The molecule has 2 saturated heterocycles. The molecule has 1 aromatic rings. The Bertz CT molecular complexity index is 636. The van der Waals surface area contributed by atoms with Gasteiger partial charge in [-0.15, -0.1) is 24.0 Å². The lowest BCUT2D eigenvalue weighted by molar-refractivity contribution is 0.191. The first kappa shape index (κ1) is 26.1. The third kappa shape index (κ3) is 9.10. The average Bonchev–Trinajstić information content (AvgIpc) is 2.77. The van der Waals surface area contributed by atoms with E-state index in [1.807, 2.05) is 6.20 Å². The zero-order chi connectivity index (χ0) is 21.2. The Morgan fingerprint density at radius 1 is 1.10 bits per heavy atom. The number of hydrogen-bond acceptors (Lipinski definition) is 5. The monoisotopic (exact) mass is 543 g/mol. The van der Waals surface area contributed by atoms with Gasteiger partial charge in [0.25, 0.3) is 0 Å². The Labute approximate surface area is 206 Å². The van der Waals surface area contributed by atoms with Gasteiger partial charge in [0.2, 0.25) is 0 Å². The van der Waals surface area contributed by atoms with Crippen LogP contribution in [-0.2, 0) is 6.54 Å². The van der Waals surface area contributed by atoms with E-state index in [0.717, 1.165) is 68.9 Å². The average molecular weight is 544 g/mol. The molecule has 31 heavy (non-hydrogen) atoms. The van der Waals surface area contributed by atoms with Crippen LogP contribution >= 0.6 is 24.0 Å². The van der Waals surface area contributed by atoms with Gasteiger partial charge in [-0.25, -0.2) is 9.98 Å². The van der Waals surface area contributed by atoms with Crippen LogP contribution in [0.5, 0.6) is 0 Å². The highest BCUT2D eigenvalue weighted by atomic mass is 127. The molecule has 0 spiro atoms. The number of aromatic nitrogens is 1. The lowest BCUT2D eigenvalue weighted by atomic mass is 9.99. The second-order valence-corrected chi connectivity index (χ2v) is 8.81. The Balaban J connectivity index is 0.00000341. The van der Waals surface area contributed by atoms with Gasteiger partial charge in [0.15, 0.2) is 5.96 Å². The standard InChI is InChI=1S/C23H41N7.HI/c1-4-24-23(25-10-5-11-29-12-8-20(2)9-13-29)27-19-21-6-7-22(26-18-21)30-16-14-28(3)15-17-30;/h6-7,18,20H,4-5,8-17,19H2,1-3H3,(H2,24,25,27);1H. The second-order valence-electron chi connectivity index (χ2n) is 8.81. The minimum absolute atomic E-state index is 0. The fourth-order valence-corrected chi connectivity index (χ4v) is 4.04. The topological polar surface area (TPSA) is 59.0 Å². The summed E-state index contributed by atoms with van der Waals surface area (Å²) in [7, 11) is 2.18. The molecule has 0 unspecified atom stereocenters. The molecule has 176 valence electrons. The number of hydrogen-bond donors (Lipinski definition) is 2. The molecular weight excluding hydrogens is 501 g/mol. The summed E-state index contributed by atoms with van der Waals surface area (Å²) in [6.07, 6.45) is 5.82. The van der Waals surface area contributed by atoms with Crippen molar-refractivity contribution in [3.05, 3.63) is 23.9 Å². The first-order valence-corrected chi connectivity index (χ1v) is 11.8.